The fourth-order valence-corrected chi connectivity index (χ4v) is 3.53. The molecule has 146 valence electrons. The van der Waals surface area contributed by atoms with Crippen molar-refractivity contribution in [2.24, 2.45) is 11.7 Å². The van der Waals surface area contributed by atoms with Crippen LogP contribution in [0.3, 0.4) is 0 Å². The first-order valence-corrected chi connectivity index (χ1v) is 9.09. The summed E-state index contributed by atoms with van der Waals surface area (Å²) in [5.41, 5.74) is 6.87. The zero-order valence-electron chi connectivity index (χ0n) is 16.7. The lowest BCUT2D eigenvalue weighted by atomic mass is 9.76. The van der Waals surface area contributed by atoms with Crippen LogP contribution in [0.1, 0.15) is 38.3 Å². The van der Waals surface area contributed by atoms with E-state index in [2.05, 4.69) is 13.8 Å². The molecule has 0 radical (unpaired) electrons. The van der Waals surface area contributed by atoms with E-state index in [1.165, 1.54) is 6.92 Å². The highest BCUT2D eigenvalue weighted by molar-refractivity contribution is 5.69. The Bertz CT molecular complexity index is 725. The lowest BCUT2D eigenvalue weighted by molar-refractivity contribution is -0.156. The predicted molar refractivity (Wildman–Crippen MR) is 106 cm³/mol. The molecule has 0 aromatic heterocycles. The lowest BCUT2D eigenvalue weighted by Gasteiger charge is -2.41. The van der Waals surface area contributed by atoms with Crippen molar-refractivity contribution in [2.45, 2.75) is 38.8 Å². The fourth-order valence-electron chi connectivity index (χ4n) is 3.53. The predicted octanol–water partition coefficient (Wildman–Crippen LogP) is 3.88. The number of esters is 1. The summed E-state index contributed by atoms with van der Waals surface area (Å²) in [6, 6.07) is 14.4. The molecule has 0 heterocycles. The number of carbonyl (C=O) groups is 1. The highest BCUT2D eigenvalue weighted by atomic mass is 16.6. The first-order chi connectivity index (χ1) is 12.9. The molecule has 5 heteroatoms. The van der Waals surface area contributed by atoms with Gasteiger partial charge in [-0.25, -0.2) is 0 Å². The van der Waals surface area contributed by atoms with Crippen molar-refractivity contribution in [3.8, 4) is 11.5 Å². The Labute approximate surface area is 161 Å². The number of ether oxygens (including phenoxy) is 3. The van der Waals surface area contributed by atoms with Gasteiger partial charge in [-0.2, -0.15) is 0 Å². The van der Waals surface area contributed by atoms with Crippen molar-refractivity contribution >= 4 is 5.97 Å². The van der Waals surface area contributed by atoms with Crippen LogP contribution in [0.5, 0.6) is 11.5 Å². The number of hydrogen-bond donors (Lipinski definition) is 1. The number of para-hydroxylation sites is 2. The van der Waals surface area contributed by atoms with E-state index in [0.717, 1.165) is 0 Å². The zero-order chi connectivity index (χ0) is 20.0. The summed E-state index contributed by atoms with van der Waals surface area (Å²) in [5.74, 6) is 1.08. The highest BCUT2D eigenvalue weighted by Gasteiger charge is 2.47. The van der Waals surface area contributed by atoms with Gasteiger partial charge in [0.25, 0.3) is 0 Å². The molecule has 5 nitrogen and oxygen atoms in total. The third-order valence-electron chi connectivity index (χ3n) is 4.57. The third kappa shape index (κ3) is 4.25. The van der Waals surface area contributed by atoms with Crippen molar-refractivity contribution in [3.05, 3.63) is 59.7 Å². The molecule has 1 atom stereocenters. The normalized spacial score (nSPS) is 12.6. The quantitative estimate of drug-likeness (QED) is 0.713. The van der Waals surface area contributed by atoms with Gasteiger partial charge in [-0.3, -0.25) is 4.79 Å². The first-order valence-electron chi connectivity index (χ1n) is 9.09. The number of rotatable bonds is 8. The SMILES string of the molecule is COc1ccccc1C(OC(C)=O)(c1ccccc1OC)[C@@H](N)CC(C)C. The molecule has 2 aromatic rings. The molecule has 0 spiro atoms. The van der Waals surface area contributed by atoms with E-state index in [1.54, 1.807) is 14.2 Å². The number of benzene rings is 2. The first kappa shape index (κ1) is 20.8. The van der Waals surface area contributed by atoms with Crippen molar-refractivity contribution in [1.29, 1.82) is 0 Å². The molecule has 0 aliphatic heterocycles. The van der Waals surface area contributed by atoms with Crippen LogP contribution in [-0.4, -0.2) is 26.2 Å². The molecular weight excluding hydrogens is 342 g/mol. The van der Waals surface area contributed by atoms with Gasteiger partial charge in [-0.05, 0) is 24.5 Å². The summed E-state index contributed by atoms with van der Waals surface area (Å²) in [5, 5.41) is 0. The van der Waals surface area contributed by atoms with Gasteiger partial charge in [0.2, 0.25) is 0 Å². The highest BCUT2D eigenvalue weighted by Crippen LogP contribution is 2.46. The van der Waals surface area contributed by atoms with Gasteiger partial charge in [0.05, 0.1) is 20.3 Å². The minimum absolute atomic E-state index is 0.305. The van der Waals surface area contributed by atoms with Gasteiger partial charge in [0.15, 0.2) is 5.60 Å². The second-order valence-electron chi connectivity index (χ2n) is 6.97. The third-order valence-corrected chi connectivity index (χ3v) is 4.57. The maximum Gasteiger partial charge on any atom is 0.303 e. The largest absolute Gasteiger partial charge is 0.496 e. The Hall–Kier alpha value is -2.53. The van der Waals surface area contributed by atoms with Crippen LogP contribution in [0.25, 0.3) is 0 Å². The molecule has 0 aliphatic carbocycles. The summed E-state index contributed by atoms with van der Waals surface area (Å²) in [4.78, 5) is 12.2. The molecular formula is C22H29NO4. The number of methoxy groups -OCH3 is 2. The van der Waals surface area contributed by atoms with Gasteiger partial charge in [0, 0.05) is 18.1 Å². The van der Waals surface area contributed by atoms with E-state index in [-0.39, 0.29) is 0 Å². The smallest absolute Gasteiger partial charge is 0.303 e. The van der Waals surface area contributed by atoms with E-state index < -0.39 is 17.6 Å². The molecule has 0 saturated carbocycles. The Morgan fingerprint density at radius 1 is 0.963 bits per heavy atom. The molecule has 0 unspecified atom stereocenters. The average Bonchev–Trinajstić information content (AvgIpc) is 2.65. The van der Waals surface area contributed by atoms with Crippen LogP contribution in [0.4, 0.5) is 0 Å². The van der Waals surface area contributed by atoms with E-state index in [0.29, 0.717) is 35.0 Å². The number of nitrogens with two attached hydrogens (primary N) is 1. The van der Waals surface area contributed by atoms with Crippen molar-refractivity contribution in [3.63, 3.8) is 0 Å². The molecule has 0 aliphatic rings. The Balaban J connectivity index is 2.87. The number of carbonyl (C=O) groups excluding carboxylic acids is 1. The maximum absolute atomic E-state index is 12.2. The van der Waals surface area contributed by atoms with Gasteiger partial charge >= 0.3 is 5.97 Å². The van der Waals surface area contributed by atoms with Crippen molar-refractivity contribution in [1.82, 2.24) is 0 Å². The van der Waals surface area contributed by atoms with Crippen LogP contribution in [0.2, 0.25) is 0 Å². The van der Waals surface area contributed by atoms with Gasteiger partial charge < -0.3 is 19.9 Å². The standard InChI is InChI=1S/C22H29NO4/c1-15(2)14-21(23)22(27-16(3)24,17-10-6-8-12-19(17)25-4)18-11-7-9-13-20(18)26-5/h6-13,15,21H,14,23H2,1-5H3/t21-/m0/s1. The molecule has 2 N–H and O–H groups in total. The molecule has 2 aromatic carbocycles. The number of hydrogen-bond acceptors (Lipinski definition) is 5. The summed E-state index contributed by atoms with van der Waals surface area (Å²) in [6.07, 6.45) is 0.642. The molecule has 0 bridgehead atoms. The second kappa shape index (κ2) is 8.91. The van der Waals surface area contributed by atoms with E-state index >= 15 is 0 Å². The summed E-state index contributed by atoms with van der Waals surface area (Å²) < 4.78 is 17.2. The minimum Gasteiger partial charge on any atom is -0.496 e. The Morgan fingerprint density at radius 3 is 1.78 bits per heavy atom. The molecule has 2 rings (SSSR count). The molecule has 27 heavy (non-hydrogen) atoms. The average molecular weight is 371 g/mol. The molecule has 0 fully saturated rings. The van der Waals surface area contributed by atoms with Crippen LogP contribution >= 0.6 is 0 Å². The minimum atomic E-state index is -1.24. The topological polar surface area (TPSA) is 70.8 Å². The maximum atomic E-state index is 12.2. The van der Waals surface area contributed by atoms with E-state index in [1.807, 2.05) is 48.5 Å². The van der Waals surface area contributed by atoms with E-state index in [9.17, 15) is 4.79 Å². The van der Waals surface area contributed by atoms with Crippen LogP contribution in [0.15, 0.2) is 48.5 Å². The Kier molecular flexibility index (Phi) is 6.86. The molecule has 0 amide bonds. The lowest BCUT2D eigenvalue weighted by Crippen LogP contribution is -2.50. The fraction of sp³-hybridized carbons (Fsp3) is 0.409. The summed E-state index contributed by atoms with van der Waals surface area (Å²) in [6.45, 7) is 5.56. The summed E-state index contributed by atoms with van der Waals surface area (Å²) >= 11 is 0. The summed E-state index contributed by atoms with van der Waals surface area (Å²) in [7, 11) is 3.18. The zero-order valence-corrected chi connectivity index (χ0v) is 16.7. The van der Waals surface area contributed by atoms with Crippen molar-refractivity contribution < 1.29 is 19.0 Å². The van der Waals surface area contributed by atoms with Crippen molar-refractivity contribution in [2.75, 3.05) is 14.2 Å². The second-order valence-corrected chi connectivity index (χ2v) is 6.97. The molecule has 0 saturated heterocycles. The monoisotopic (exact) mass is 371 g/mol. The van der Waals surface area contributed by atoms with Gasteiger partial charge in [-0.1, -0.05) is 50.2 Å². The van der Waals surface area contributed by atoms with Crippen LogP contribution < -0.4 is 15.2 Å². The van der Waals surface area contributed by atoms with Gasteiger partial charge in [-0.15, -0.1) is 0 Å². The van der Waals surface area contributed by atoms with Crippen LogP contribution in [-0.2, 0) is 15.1 Å². The van der Waals surface area contributed by atoms with Gasteiger partial charge in [0.1, 0.15) is 11.5 Å². The Morgan fingerprint density at radius 2 is 1.41 bits per heavy atom. The van der Waals surface area contributed by atoms with Crippen LogP contribution in [0, 0.1) is 5.92 Å². The van der Waals surface area contributed by atoms with E-state index in [4.69, 9.17) is 19.9 Å².